The molecule has 0 unspecified atom stereocenters. The van der Waals surface area contributed by atoms with Crippen LogP contribution in [0.25, 0.3) is 0 Å². The summed E-state index contributed by atoms with van der Waals surface area (Å²) in [5, 5.41) is 7.22. The average Bonchev–Trinajstić information content (AvgIpc) is 2.96. The summed E-state index contributed by atoms with van der Waals surface area (Å²) < 4.78 is 5.22. The van der Waals surface area contributed by atoms with Crippen LogP contribution in [0, 0.1) is 16.7 Å². The molecule has 2 N–H and O–H groups in total. The average molecular weight is 400 g/mol. The van der Waals surface area contributed by atoms with Crippen LogP contribution in [0.1, 0.15) is 76.7 Å². The molecule has 2 bridgehead atoms. The Morgan fingerprint density at radius 1 is 1.17 bits per heavy atom. The Balaban J connectivity index is 1.56. The van der Waals surface area contributed by atoms with E-state index in [1.807, 2.05) is 32.9 Å². The van der Waals surface area contributed by atoms with Gasteiger partial charge in [0.05, 0.1) is 0 Å². The lowest BCUT2D eigenvalue weighted by Crippen LogP contribution is -2.34. The first-order valence-corrected chi connectivity index (χ1v) is 10.4. The highest BCUT2D eigenvalue weighted by molar-refractivity contribution is 5.98. The first-order valence-electron chi connectivity index (χ1n) is 10.4. The van der Waals surface area contributed by atoms with E-state index < -0.39 is 11.7 Å². The summed E-state index contributed by atoms with van der Waals surface area (Å²) in [7, 11) is 0. The van der Waals surface area contributed by atoms with Gasteiger partial charge >= 0.3 is 6.09 Å². The van der Waals surface area contributed by atoms with Crippen molar-refractivity contribution >= 4 is 17.7 Å². The molecule has 1 aromatic rings. The number of nitrogens with one attached hydrogen (secondary N) is 2. The third-order valence-corrected chi connectivity index (χ3v) is 6.86. The van der Waals surface area contributed by atoms with E-state index in [0.717, 1.165) is 24.1 Å². The van der Waals surface area contributed by atoms with Gasteiger partial charge in [-0.3, -0.25) is 4.79 Å². The van der Waals surface area contributed by atoms with Crippen molar-refractivity contribution in [2.24, 2.45) is 21.8 Å². The summed E-state index contributed by atoms with van der Waals surface area (Å²) in [6.45, 7) is 12.7. The van der Waals surface area contributed by atoms with E-state index >= 15 is 0 Å². The summed E-state index contributed by atoms with van der Waals surface area (Å²) in [4.78, 5) is 24.2. The van der Waals surface area contributed by atoms with E-state index in [2.05, 4.69) is 36.6 Å². The summed E-state index contributed by atoms with van der Waals surface area (Å²) in [5.74, 6) is 0.438. The molecule has 2 aliphatic rings. The minimum absolute atomic E-state index is 0.0716. The van der Waals surface area contributed by atoms with E-state index in [4.69, 9.17) is 4.74 Å². The van der Waals surface area contributed by atoms with E-state index in [0.29, 0.717) is 18.0 Å². The Labute approximate surface area is 173 Å². The molecule has 6 nitrogen and oxygen atoms in total. The Hall–Kier alpha value is -2.37. The Morgan fingerprint density at radius 2 is 1.83 bits per heavy atom. The van der Waals surface area contributed by atoms with Gasteiger partial charge in [-0.15, -0.1) is 0 Å². The maximum absolute atomic E-state index is 12.5. The maximum Gasteiger partial charge on any atom is 0.407 e. The molecule has 0 aliphatic heterocycles. The van der Waals surface area contributed by atoms with Crippen LogP contribution in [0.4, 0.5) is 4.79 Å². The smallest absolute Gasteiger partial charge is 0.407 e. The number of hydrogen-bond donors (Lipinski definition) is 2. The Kier molecular flexibility index (Phi) is 5.50. The molecule has 2 aliphatic carbocycles. The first kappa shape index (κ1) is 21.3. The highest BCUT2D eigenvalue weighted by atomic mass is 16.6. The van der Waals surface area contributed by atoms with E-state index in [1.54, 1.807) is 12.1 Å². The second-order valence-electron chi connectivity index (χ2n) is 10.0. The van der Waals surface area contributed by atoms with E-state index in [1.165, 1.54) is 6.42 Å². The SMILES string of the molecule is CC(C)(C)OC(=O)NCc1ccc(C(=O)N/N=C2/C[C@@H]3CC[C@]2(C)C3(C)C)cc1. The standard InChI is InChI=1S/C23H33N3O3/c1-21(2,3)29-20(28)24-14-15-7-9-16(10-8-15)19(27)26-25-18-13-17-11-12-23(18,6)22(17,4)5/h7-10,17H,11-14H2,1-6H3,(H,24,28)(H,26,27)/b25-18-/t17-,23-/m0/s1. The van der Waals surface area contributed by atoms with Crippen molar-refractivity contribution in [1.29, 1.82) is 0 Å². The number of rotatable bonds is 4. The van der Waals surface area contributed by atoms with Crippen LogP contribution in [-0.2, 0) is 11.3 Å². The summed E-state index contributed by atoms with van der Waals surface area (Å²) in [5.41, 5.74) is 5.07. The van der Waals surface area contributed by atoms with E-state index in [-0.39, 0.29) is 16.7 Å². The second kappa shape index (κ2) is 7.47. The lowest BCUT2D eigenvalue weighted by molar-refractivity contribution is 0.0523. The molecule has 0 saturated heterocycles. The van der Waals surface area contributed by atoms with Crippen LogP contribution in [0.15, 0.2) is 29.4 Å². The number of benzene rings is 1. The van der Waals surface area contributed by atoms with Gasteiger partial charge < -0.3 is 10.1 Å². The molecule has 1 aromatic carbocycles. The lowest BCUT2D eigenvalue weighted by atomic mass is 9.70. The molecule has 2 atom stereocenters. The Bertz CT molecular complexity index is 821. The monoisotopic (exact) mass is 399 g/mol. The predicted octanol–water partition coefficient (Wildman–Crippen LogP) is 4.64. The van der Waals surface area contributed by atoms with Crippen molar-refractivity contribution in [3.05, 3.63) is 35.4 Å². The molecule has 0 heterocycles. The van der Waals surface area contributed by atoms with Crippen LogP contribution >= 0.6 is 0 Å². The normalized spacial score (nSPS) is 26.4. The van der Waals surface area contributed by atoms with Crippen molar-refractivity contribution in [1.82, 2.24) is 10.7 Å². The van der Waals surface area contributed by atoms with Gasteiger partial charge in [-0.1, -0.05) is 32.9 Å². The topological polar surface area (TPSA) is 79.8 Å². The number of amides is 2. The van der Waals surface area contributed by atoms with Gasteiger partial charge in [0, 0.05) is 23.2 Å². The number of fused-ring (bicyclic) bond motifs is 2. The van der Waals surface area contributed by atoms with Crippen LogP contribution in [0.5, 0.6) is 0 Å². The molecular formula is C23H33N3O3. The van der Waals surface area contributed by atoms with Gasteiger partial charge in [-0.25, -0.2) is 10.2 Å². The number of alkyl carbamates (subject to hydrolysis) is 1. The van der Waals surface area contributed by atoms with Crippen LogP contribution in [0.2, 0.25) is 0 Å². The van der Waals surface area contributed by atoms with Gasteiger partial charge in [0.15, 0.2) is 0 Å². The predicted molar refractivity (Wildman–Crippen MR) is 114 cm³/mol. The fraction of sp³-hybridized carbons (Fsp3) is 0.609. The van der Waals surface area contributed by atoms with Crippen molar-refractivity contribution in [3.8, 4) is 0 Å². The minimum Gasteiger partial charge on any atom is -0.444 e. The minimum atomic E-state index is -0.529. The fourth-order valence-electron chi connectivity index (χ4n) is 4.54. The Morgan fingerprint density at radius 3 is 2.34 bits per heavy atom. The molecule has 2 fully saturated rings. The number of carbonyl (C=O) groups is 2. The zero-order valence-electron chi connectivity index (χ0n) is 18.4. The summed E-state index contributed by atoms with van der Waals surface area (Å²) >= 11 is 0. The molecule has 0 spiro atoms. The summed E-state index contributed by atoms with van der Waals surface area (Å²) in [6, 6.07) is 7.13. The zero-order valence-corrected chi connectivity index (χ0v) is 18.4. The zero-order chi connectivity index (χ0) is 21.4. The maximum atomic E-state index is 12.5. The van der Waals surface area contributed by atoms with Gasteiger partial charge in [0.2, 0.25) is 0 Å². The van der Waals surface area contributed by atoms with Crippen molar-refractivity contribution in [2.75, 3.05) is 0 Å². The van der Waals surface area contributed by atoms with Crippen molar-refractivity contribution in [2.45, 2.75) is 73.0 Å². The van der Waals surface area contributed by atoms with Crippen LogP contribution in [0.3, 0.4) is 0 Å². The molecule has 0 radical (unpaired) electrons. The quantitative estimate of drug-likeness (QED) is 0.724. The molecule has 6 heteroatoms. The fourth-order valence-corrected chi connectivity index (χ4v) is 4.54. The van der Waals surface area contributed by atoms with E-state index in [9.17, 15) is 9.59 Å². The largest absolute Gasteiger partial charge is 0.444 e. The molecule has 3 rings (SSSR count). The third kappa shape index (κ3) is 4.31. The number of nitrogens with zero attached hydrogens (tertiary/aromatic N) is 1. The molecule has 0 aromatic heterocycles. The van der Waals surface area contributed by atoms with Crippen molar-refractivity contribution < 1.29 is 14.3 Å². The molecule has 2 amide bonds. The van der Waals surface area contributed by atoms with Crippen LogP contribution in [-0.4, -0.2) is 23.3 Å². The number of hydrazone groups is 1. The van der Waals surface area contributed by atoms with Gasteiger partial charge in [-0.05, 0) is 69.1 Å². The molecule has 29 heavy (non-hydrogen) atoms. The summed E-state index contributed by atoms with van der Waals surface area (Å²) in [6.07, 6.45) is 2.89. The number of carbonyl (C=O) groups excluding carboxylic acids is 2. The highest BCUT2D eigenvalue weighted by Gasteiger charge is 2.60. The lowest BCUT2D eigenvalue weighted by Gasteiger charge is -2.34. The third-order valence-electron chi connectivity index (χ3n) is 6.86. The second-order valence-corrected chi connectivity index (χ2v) is 10.0. The first-order chi connectivity index (χ1) is 13.4. The number of ether oxygens (including phenoxy) is 1. The molecular weight excluding hydrogens is 366 g/mol. The molecule has 2 saturated carbocycles. The van der Waals surface area contributed by atoms with Crippen molar-refractivity contribution in [3.63, 3.8) is 0 Å². The van der Waals surface area contributed by atoms with Crippen LogP contribution < -0.4 is 10.7 Å². The number of hydrogen-bond acceptors (Lipinski definition) is 4. The van der Waals surface area contributed by atoms with Gasteiger partial charge in [0.25, 0.3) is 5.91 Å². The highest BCUT2D eigenvalue weighted by Crippen LogP contribution is 2.63. The molecule has 158 valence electrons. The van der Waals surface area contributed by atoms with Gasteiger partial charge in [-0.2, -0.15) is 5.10 Å². The van der Waals surface area contributed by atoms with Gasteiger partial charge in [0.1, 0.15) is 5.60 Å².